The van der Waals surface area contributed by atoms with Crippen LogP contribution in [-0.4, -0.2) is 168 Å². The SMILES string of the molecule is CCCCCCCCCCOC(=O)C(C)(CC(C)(C)C(=O)OCCOCCOCCOCCOCCOCCOCCOCCOCCOC)CC(C)(CC)C(=O)OCCSSc1ccccn1. The van der Waals surface area contributed by atoms with Crippen LogP contribution >= 0.6 is 21.6 Å². The first-order valence-corrected chi connectivity index (χ1v) is 27.1. The summed E-state index contributed by atoms with van der Waals surface area (Å²) in [7, 11) is 4.72. The molecular weight excluding hydrogens is 919 g/mol. The van der Waals surface area contributed by atoms with Gasteiger partial charge in [0.25, 0.3) is 0 Å². The normalized spacial score (nSPS) is 13.5. The zero-order valence-corrected chi connectivity index (χ0v) is 44.5. The van der Waals surface area contributed by atoms with Crippen molar-refractivity contribution in [2.45, 2.75) is 117 Å². The molecule has 1 rings (SSSR count). The number of esters is 3. The van der Waals surface area contributed by atoms with E-state index in [0.29, 0.717) is 118 Å². The number of nitrogens with zero attached hydrogens (tertiary/aromatic N) is 1. The van der Waals surface area contributed by atoms with Gasteiger partial charge < -0.3 is 56.8 Å². The first-order chi connectivity index (χ1) is 32.9. The minimum Gasteiger partial charge on any atom is -0.465 e. The van der Waals surface area contributed by atoms with Crippen molar-refractivity contribution in [3.05, 3.63) is 24.4 Å². The van der Waals surface area contributed by atoms with Crippen LogP contribution in [0.5, 0.6) is 0 Å². The van der Waals surface area contributed by atoms with E-state index in [1.807, 2.05) is 32.0 Å². The van der Waals surface area contributed by atoms with Crippen LogP contribution in [0.3, 0.4) is 0 Å². The van der Waals surface area contributed by atoms with E-state index < -0.39 is 28.2 Å². The van der Waals surface area contributed by atoms with Gasteiger partial charge in [-0.3, -0.25) is 14.4 Å². The molecule has 2 atom stereocenters. The molecule has 1 aromatic rings. The molecule has 0 aromatic carbocycles. The molecule has 0 spiro atoms. The molecule has 0 aliphatic rings. The van der Waals surface area contributed by atoms with E-state index in [1.165, 1.54) is 42.9 Å². The lowest BCUT2D eigenvalue weighted by Gasteiger charge is -2.39. The molecular formula is C50H89NO15S2. The molecule has 1 heterocycles. The van der Waals surface area contributed by atoms with Crippen LogP contribution in [0.15, 0.2) is 29.4 Å². The summed E-state index contributed by atoms with van der Waals surface area (Å²) >= 11 is 0. The van der Waals surface area contributed by atoms with Gasteiger partial charge in [0.2, 0.25) is 0 Å². The maximum Gasteiger partial charge on any atom is 0.311 e. The number of ether oxygens (including phenoxy) is 12. The Balaban J connectivity index is 2.38. The zero-order valence-electron chi connectivity index (χ0n) is 42.8. The van der Waals surface area contributed by atoms with Gasteiger partial charge in [0.05, 0.1) is 135 Å². The Morgan fingerprint density at radius 2 is 0.912 bits per heavy atom. The van der Waals surface area contributed by atoms with Gasteiger partial charge in [0, 0.05) is 19.1 Å². The Bertz CT molecular complexity index is 1370. The molecule has 0 N–H and O–H groups in total. The van der Waals surface area contributed by atoms with Gasteiger partial charge in [-0.15, -0.1) is 0 Å². The number of methoxy groups -OCH3 is 1. The lowest BCUT2D eigenvalue weighted by atomic mass is 9.65. The molecule has 68 heavy (non-hydrogen) atoms. The Kier molecular flexibility index (Phi) is 40.0. The van der Waals surface area contributed by atoms with Crippen LogP contribution in [0.25, 0.3) is 0 Å². The standard InChI is InChI=1S/C50H89NO15S2/c1-8-10-11-12-13-14-15-18-21-64-47(54)50(6,43-49(5,9-2)46(53)66-40-41-67-68-44-19-16-17-20-51-44)42-48(3,4)45(52)65-39-38-63-37-36-62-35-34-61-33-32-60-31-30-59-29-28-58-27-26-57-25-24-56-23-22-55-7/h16-17,19-20H,8-15,18,21-43H2,1-7H3. The summed E-state index contributed by atoms with van der Waals surface area (Å²) in [6.07, 6.45) is 11.4. The highest BCUT2D eigenvalue weighted by atomic mass is 33.1. The van der Waals surface area contributed by atoms with E-state index in [4.69, 9.17) is 56.8 Å². The highest BCUT2D eigenvalue weighted by molar-refractivity contribution is 8.76. The number of rotatable bonds is 49. The van der Waals surface area contributed by atoms with Gasteiger partial charge >= 0.3 is 17.9 Å². The average molecular weight is 1010 g/mol. The molecule has 0 bridgehead atoms. The van der Waals surface area contributed by atoms with Crippen molar-refractivity contribution in [2.24, 2.45) is 16.2 Å². The molecule has 16 nitrogen and oxygen atoms in total. The maximum absolute atomic E-state index is 14.0. The van der Waals surface area contributed by atoms with E-state index in [0.717, 1.165) is 24.3 Å². The molecule has 396 valence electrons. The van der Waals surface area contributed by atoms with Crippen LogP contribution < -0.4 is 0 Å². The third kappa shape index (κ3) is 33.5. The third-order valence-corrected chi connectivity index (χ3v) is 13.1. The molecule has 0 amide bonds. The van der Waals surface area contributed by atoms with Gasteiger partial charge in [0.15, 0.2) is 0 Å². The van der Waals surface area contributed by atoms with Crippen LogP contribution in [0.4, 0.5) is 0 Å². The fraction of sp³-hybridized carbons (Fsp3) is 0.840. The van der Waals surface area contributed by atoms with E-state index in [2.05, 4.69) is 11.9 Å². The fourth-order valence-corrected chi connectivity index (χ4v) is 8.75. The summed E-state index contributed by atoms with van der Waals surface area (Å²) in [5.41, 5.74) is -3.24. The number of unbranched alkanes of at least 4 members (excludes halogenated alkanes) is 7. The van der Waals surface area contributed by atoms with E-state index in [-0.39, 0.29) is 45.2 Å². The van der Waals surface area contributed by atoms with Gasteiger partial charge in [0.1, 0.15) is 18.2 Å². The molecule has 0 fully saturated rings. The predicted molar refractivity (Wildman–Crippen MR) is 266 cm³/mol. The van der Waals surface area contributed by atoms with Gasteiger partial charge in [-0.25, -0.2) is 4.98 Å². The number of hydrogen-bond donors (Lipinski definition) is 0. The summed E-state index contributed by atoms with van der Waals surface area (Å²) in [4.78, 5) is 45.5. The first-order valence-electron chi connectivity index (χ1n) is 24.8. The van der Waals surface area contributed by atoms with Gasteiger partial charge in [-0.2, -0.15) is 0 Å². The smallest absolute Gasteiger partial charge is 0.311 e. The Labute approximate surface area is 417 Å². The topological polar surface area (TPSA) is 175 Å². The van der Waals surface area contributed by atoms with E-state index in [1.54, 1.807) is 44.9 Å². The lowest BCUT2D eigenvalue weighted by Crippen LogP contribution is -2.44. The van der Waals surface area contributed by atoms with Crippen LogP contribution in [0, 0.1) is 16.2 Å². The van der Waals surface area contributed by atoms with Crippen molar-refractivity contribution < 1.29 is 71.2 Å². The zero-order chi connectivity index (χ0) is 49.9. The predicted octanol–water partition coefficient (Wildman–Crippen LogP) is 8.60. The maximum atomic E-state index is 14.0. The fourth-order valence-electron chi connectivity index (χ4n) is 7.05. The van der Waals surface area contributed by atoms with Gasteiger partial charge in [-0.05, 0) is 76.3 Å². The van der Waals surface area contributed by atoms with Crippen LogP contribution in [0.1, 0.15) is 112 Å². The average Bonchev–Trinajstić information content (AvgIpc) is 3.32. The highest BCUT2D eigenvalue weighted by Gasteiger charge is 2.50. The summed E-state index contributed by atoms with van der Waals surface area (Å²) in [6, 6.07) is 5.72. The molecule has 18 heteroatoms. The van der Waals surface area contributed by atoms with E-state index in [9.17, 15) is 14.4 Å². The van der Waals surface area contributed by atoms with Crippen molar-refractivity contribution in [3.63, 3.8) is 0 Å². The monoisotopic (exact) mass is 1010 g/mol. The number of pyridine rings is 1. The molecule has 0 radical (unpaired) electrons. The Hall–Kier alpha value is -2.10. The number of hydrogen-bond acceptors (Lipinski definition) is 18. The molecule has 0 aliphatic carbocycles. The van der Waals surface area contributed by atoms with Crippen LogP contribution in [0.2, 0.25) is 0 Å². The minimum absolute atomic E-state index is 0.0436. The molecule has 1 aromatic heterocycles. The number of aromatic nitrogens is 1. The first kappa shape index (κ1) is 63.9. The second-order valence-electron chi connectivity index (χ2n) is 17.6. The largest absolute Gasteiger partial charge is 0.465 e. The summed E-state index contributed by atoms with van der Waals surface area (Å²) < 4.78 is 66.2. The van der Waals surface area contributed by atoms with Crippen molar-refractivity contribution in [1.29, 1.82) is 0 Å². The second-order valence-corrected chi connectivity index (χ2v) is 20.0. The van der Waals surface area contributed by atoms with Crippen molar-refractivity contribution in [2.75, 3.05) is 145 Å². The van der Waals surface area contributed by atoms with Crippen molar-refractivity contribution in [1.82, 2.24) is 4.98 Å². The third-order valence-electron chi connectivity index (χ3n) is 10.8. The highest BCUT2D eigenvalue weighted by Crippen LogP contribution is 2.46. The molecule has 0 saturated carbocycles. The minimum atomic E-state index is -1.18. The quantitative estimate of drug-likeness (QED) is 0.0262. The Morgan fingerprint density at radius 1 is 0.485 bits per heavy atom. The summed E-state index contributed by atoms with van der Waals surface area (Å²) in [5.74, 6) is -0.686. The number of carbonyl (C=O) groups is 3. The number of carbonyl (C=O) groups excluding carboxylic acids is 3. The molecule has 2 unspecified atom stereocenters. The van der Waals surface area contributed by atoms with Crippen LogP contribution in [-0.2, 0) is 71.2 Å². The summed E-state index contributed by atoms with van der Waals surface area (Å²) in [6.45, 7) is 19.5. The second kappa shape index (κ2) is 42.6. The lowest BCUT2D eigenvalue weighted by molar-refractivity contribution is -0.169. The van der Waals surface area contributed by atoms with Crippen molar-refractivity contribution >= 4 is 39.5 Å². The van der Waals surface area contributed by atoms with Gasteiger partial charge in [-0.1, -0.05) is 75.7 Å². The molecule has 0 saturated heterocycles. The van der Waals surface area contributed by atoms with Crippen molar-refractivity contribution in [3.8, 4) is 0 Å². The molecule has 0 aliphatic heterocycles. The van der Waals surface area contributed by atoms with E-state index >= 15 is 0 Å². The summed E-state index contributed by atoms with van der Waals surface area (Å²) in [5, 5.41) is 0.881. The Morgan fingerprint density at radius 3 is 1.37 bits per heavy atom.